The maximum absolute atomic E-state index is 13.0. The third-order valence-corrected chi connectivity index (χ3v) is 4.56. The van der Waals surface area contributed by atoms with Crippen LogP contribution >= 0.6 is 0 Å². The number of benzene rings is 2. The largest absolute Gasteiger partial charge is 0.508 e. The van der Waals surface area contributed by atoms with Crippen LogP contribution in [0.3, 0.4) is 0 Å². The summed E-state index contributed by atoms with van der Waals surface area (Å²) in [5, 5.41) is 9.77. The fourth-order valence-electron chi connectivity index (χ4n) is 3.39. The van der Waals surface area contributed by atoms with E-state index in [0.717, 1.165) is 22.9 Å². The van der Waals surface area contributed by atoms with Crippen LogP contribution < -0.4 is 4.90 Å². The van der Waals surface area contributed by atoms with Crippen molar-refractivity contribution in [3.05, 3.63) is 65.2 Å². The zero-order valence-corrected chi connectivity index (χ0v) is 14.4. The van der Waals surface area contributed by atoms with Gasteiger partial charge in [0.25, 0.3) is 0 Å². The first-order valence-corrected chi connectivity index (χ1v) is 8.04. The van der Waals surface area contributed by atoms with Crippen molar-refractivity contribution in [2.24, 2.45) is 0 Å². The van der Waals surface area contributed by atoms with E-state index in [1.54, 1.807) is 18.2 Å². The molecule has 1 N–H and O–H groups in total. The van der Waals surface area contributed by atoms with Crippen molar-refractivity contribution >= 4 is 11.3 Å². The molecule has 2 aromatic rings. The molecule has 0 radical (unpaired) electrons. The van der Waals surface area contributed by atoms with Gasteiger partial charge in [0.05, 0.1) is 11.1 Å². The van der Waals surface area contributed by atoms with Gasteiger partial charge in [-0.15, -0.1) is 0 Å². The van der Waals surface area contributed by atoms with Gasteiger partial charge in [0.15, 0.2) is 0 Å². The molecular weight excluding hydrogens is 327 g/mol. The maximum Gasteiger partial charge on any atom is 0.416 e. The van der Waals surface area contributed by atoms with Crippen LogP contribution in [0.1, 0.15) is 37.5 Å². The molecule has 0 saturated carbocycles. The summed E-state index contributed by atoms with van der Waals surface area (Å²) in [6, 6.07) is 10.5. The average molecular weight is 347 g/mol. The zero-order valence-electron chi connectivity index (χ0n) is 14.4. The predicted octanol–water partition coefficient (Wildman–Crippen LogP) is 5.61. The van der Waals surface area contributed by atoms with Gasteiger partial charge in [0, 0.05) is 17.8 Å². The number of anilines is 1. The van der Waals surface area contributed by atoms with Gasteiger partial charge in [-0.25, -0.2) is 0 Å². The van der Waals surface area contributed by atoms with E-state index in [4.69, 9.17) is 0 Å². The number of fused-ring (bicyclic) bond motifs is 1. The number of alkyl halides is 3. The Hall–Kier alpha value is -2.43. The van der Waals surface area contributed by atoms with Crippen LogP contribution in [0.2, 0.25) is 0 Å². The van der Waals surface area contributed by atoms with Crippen molar-refractivity contribution in [1.82, 2.24) is 0 Å². The minimum Gasteiger partial charge on any atom is -0.508 e. The molecule has 0 aromatic heterocycles. The maximum atomic E-state index is 13.0. The molecule has 1 aliphatic rings. The number of halogens is 3. The average Bonchev–Trinajstić information content (AvgIpc) is 2.51. The Morgan fingerprint density at radius 3 is 2.48 bits per heavy atom. The molecule has 132 valence electrons. The number of allylic oxidation sites excluding steroid dienone is 1. The smallest absolute Gasteiger partial charge is 0.416 e. The summed E-state index contributed by atoms with van der Waals surface area (Å²) in [5.41, 5.74) is 2.43. The molecule has 0 amide bonds. The molecule has 0 aliphatic carbocycles. The van der Waals surface area contributed by atoms with Gasteiger partial charge in [-0.1, -0.05) is 18.2 Å². The highest BCUT2D eigenvalue weighted by atomic mass is 19.4. The SMILES string of the molecule is CC1=CC(C)(C)N(Cc2cccc(C(F)(F)F)c2)c2ccc(O)cc21. The zero-order chi connectivity index (χ0) is 18.4. The van der Waals surface area contributed by atoms with E-state index in [9.17, 15) is 18.3 Å². The molecule has 0 saturated heterocycles. The highest BCUT2D eigenvalue weighted by Gasteiger charge is 2.33. The number of phenols is 1. The molecule has 0 bridgehead atoms. The minimum atomic E-state index is -4.35. The number of aromatic hydroxyl groups is 1. The summed E-state index contributed by atoms with van der Waals surface area (Å²) in [5.74, 6) is 0.172. The van der Waals surface area contributed by atoms with Gasteiger partial charge in [0.2, 0.25) is 0 Å². The normalized spacial score (nSPS) is 16.4. The summed E-state index contributed by atoms with van der Waals surface area (Å²) in [6.45, 7) is 6.37. The first kappa shape index (κ1) is 17.4. The number of hydrogen-bond acceptors (Lipinski definition) is 2. The highest BCUT2D eigenvalue weighted by molar-refractivity contribution is 5.82. The summed E-state index contributed by atoms with van der Waals surface area (Å²) >= 11 is 0. The molecule has 2 aromatic carbocycles. The summed E-state index contributed by atoms with van der Waals surface area (Å²) in [6.07, 6.45) is -2.28. The highest BCUT2D eigenvalue weighted by Crippen LogP contribution is 2.41. The van der Waals surface area contributed by atoms with Gasteiger partial charge in [0.1, 0.15) is 5.75 Å². The van der Waals surface area contributed by atoms with E-state index in [1.807, 2.05) is 26.8 Å². The van der Waals surface area contributed by atoms with E-state index in [-0.39, 0.29) is 11.3 Å². The Labute approximate surface area is 145 Å². The predicted molar refractivity (Wildman–Crippen MR) is 93.5 cm³/mol. The third kappa shape index (κ3) is 3.36. The van der Waals surface area contributed by atoms with Crippen molar-refractivity contribution in [3.63, 3.8) is 0 Å². The monoisotopic (exact) mass is 347 g/mol. The Balaban J connectivity index is 2.03. The van der Waals surface area contributed by atoms with Crippen molar-refractivity contribution < 1.29 is 18.3 Å². The van der Waals surface area contributed by atoms with E-state index in [2.05, 4.69) is 11.0 Å². The van der Waals surface area contributed by atoms with Crippen molar-refractivity contribution in [2.75, 3.05) is 4.90 Å². The topological polar surface area (TPSA) is 23.5 Å². The fraction of sp³-hybridized carbons (Fsp3) is 0.300. The standard InChI is InChI=1S/C20H20F3NO/c1-13-11-19(2,3)24(18-8-7-16(25)10-17(13)18)12-14-5-4-6-15(9-14)20(21,22)23/h4-11,25H,12H2,1-3H3. The van der Waals surface area contributed by atoms with Crippen LogP contribution in [0.25, 0.3) is 5.57 Å². The van der Waals surface area contributed by atoms with Crippen LogP contribution in [0, 0.1) is 0 Å². The van der Waals surface area contributed by atoms with Crippen LogP contribution in [0.5, 0.6) is 5.75 Å². The minimum absolute atomic E-state index is 0.172. The van der Waals surface area contributed by atoms with Crippen LogP contribution in [0.15, 0.2) is 48.5 Å². The van der Waals surface area contributed by atoms with E-state index in [0.29, 0.717) is 12.1 Å². The molecule has 5 heteroatoms. The molecular formula is C20H20F3NO. The number of hydrogen-bond donors (Lipinski definition) is 1. The first-order chi connectivity index (χ1) is 11.6. The Bertz CT molecular complexity index is 837. The van der Waals surface area contributed by atoms with Crippen LogP contribution in [-0.2, 0) is 12.7 Å². The third-order valence-electron chi connectivity index (χ3n) is 4.56. The Kier molecular flexibility index (Phi) is 4.06. The lowest BCUT2D eigenvalue weighted by atomic mass is 9.88. The second kappa shape index (κ2) is 5.83. The quantitative estimate of drug-likeness (QED) is 0.763. The molecule has 1 heterocycles. The lowest BCUT2D eigenvalue weighted by Gasteiger charge is -2.43. The number of rotatable bonds is 2. The van der Waals surface area contributed by atoms with Gasteiger partial charge in [-0.3, -0.25) is 0 Å². The molecule has 0 unspecified atom stereocenters. The molecule has 1 aliphatic heterocycles. The second-order valence-electron chi connectivity index (χ2n) is 6.97. The molecule has 0 spiro atoms. The molecule has 25 heavy (non-hydrogen) atoms. The van der Waals surface area contributed by atoms with Gasteiger partial charge < -0.3 is 10.0 Å². The van der Waals surface area contributed by atoms with Gasteiger partial charge >= 0.3 is 6.18 Å². The lowest BCUT2D eigenvalue weighted by Crippen LogP contribution is -2.44. The van der Waals surface area contributed by atoms with Crippen molar-refractivity contribution in [2.45, 2.75) is 39.0 Å². The van der Waals surface area contributed by atoms with Crippen molar-refractivity contribution in [1.29, 1.82) is 0 Å². The van der Waals surface area contributed by atoms with E-state index >= 15 is 0 Å². The van der Waals surface area contributed by atoms with Crippen LogP contribution in [-0.4, -0.2) is 10.6 Å². The van der Waals surface area contributed by atoms with Gasteiger partial charge in [-0.2, -0.15) is 13.2 Å². The Morgan fingerprint density at radius 1 is 1.08 bits per heavy atom. The summed E-state index contributed by atoms with van der Waals surface area (Å²) in [7, 11) is 0. The molecule has 3 rings (SSSR count). The second-order valence-corrected chi connectivity index (χ2v) is 6.97. The van der Waals surface area contributed by atoms with Crippen LogP contribution in [0.4, 0.5) is 18.9 Å². The molecule has 0 fully saturated rings. The first-order valence-electron chi connectivity index (χ1n) is 8.04. The van der Waals surface area contributed by atoms with E-state index in [1.165, 1.54) is 12.1 Å². The van der Waals surface area contributed by atoms with E-state index < -0.39 is 11.7 Å². The summed E-state index contributed by atoms with van der Waals surface area (Å²) in [4.78, 5) is 2.06. The number of nitrogens with zero attached hydrogens (tertiary/aromatic N) is 1. The number of phenolic OH excluding ortho intramolecular Hbond substituents is 1. The fourth-order valence-corrected chi connectivity index (χ4v) is 3.39. The molecule has 0 atom stereocenters. The molecule has 2 nitrogen and oxygen atoms in total. The lowest BCUT2D eigenvalue weighted by molar-refractivity contribution is -0.137. The van der Waals surface area contributed by atoms with Gasteiger partial charge in [-0.05, 0) is 62.2 Å². The Morgan fingerprint density at radius 2 is 1.80 bits per heavy atom. The van der Waals surface area contributed by atoms with Crippen molar-refractivity contribution in [3.8, 4) is 5.75 Å². The summed E-state index contributed by atoms with van der Waals surface area (Å²) < 4.78 is 38.9.